The summed E-state index contributed by atoms with van der Waals surface area (Å²) >= 11 is 0. The molecule has 3 heteroatoms. The van der Waals surface area contributed by atoms with Crippen LogP contribution in [0.5, 0.6) is 0 Å². The van der Waals surface area contributed by atoms with Crippen molar-refractivity contribution in [2.45, 2.75) is 27.2 Å². The van der Waals surface area contributed by atoms with Crippen molar-refractivity contribution < 1.29 is 8.99 Å². The van der Waals surface area contributed by atoms with E-state index in [-0.39, 0.29) is 0 Å². The molecular weight excluding hydrogens is 188 g/mol. The van der Waals surface area contributed by atoms with Crippen LogP contribution in [0.25, 0.3) is 6.08 Å². The molecule has 1 rings (SSSR count). The van der Waals surface area contributed by atoms with Crippen molar-refractivity contribution in [3.8, 4) is 0 Å². The van der Waals surface area contributed by atoms with E-state index in [1.165, 1.54) is 0 Å². The third-order valence-electron chi connectivity index (χ3n) is 2.39. The summed E-state index contributed by atoms with van der Waals surface area (Å²) in [6, 6.07) is 1.94. The van der Waals surface area contributed by atoms with Gasteiger partial charge in [0.15, 0.2) is 11.6 Å². The number of nitrogens with two attached hydrogens (primary N) is 1. The Kier molecular flexibility index (Phi) is 3.72. The summed E-state index contributed by atoms with van der Waals surface area (Å²) < 4.78 is 7.23. The molecule has 0 spiro atoms. The van der Waals surface area contributed by atoms with Gasteiger partial charge in [-0.15, -0.1) is 0 Å². The van der Waals surface area contributed by atoms with Crippen LogP contribution in [0.4, 0.5) is 5.88 Å². The molecule has 0 aliphatic rings. The van der Waals surface area contributed by atoms with Crippen LogP contribution in [0, 0.1) is 6.92 Å². The van der Waals surface area contributed by atoms with Crippen molar-refractivity contribution in [2.24, 2.45) is 0 Å². The second-order valence-electron chi connectivity index (χ2n) is 3.52. The molecule has 0 unspecified atom stereocenters. The first kappa shape index (κ1) is 11.6. The molecule has 82 valence electrons. The van der Waals surface area contributed by atoms with E-state index >= 15 is 0 Å². The maximum atomic E-state index is 5.74. The van der Waals surface area contributed by atoms with Crippen molar-refractivity contribution in [3.05, 3.63) is 23.1 Å². The zero-order valence-electron chi connectivity index (χ0n) is 9.71. The van der Waals surface area contributed by atoms with Crippen LogP contribution in [0.2, 0.25) is 0 Å². The molecule has 1 aromatic rings. The summed E-state index contributed by atoms with van der Waals surface area (Å²) in [4.78, 5) is 0. The smallest absolute Gasteiger partial charge is 0.197 e. The molecule has 15 heavy (non-hydrogen) atoms. The van der Waals surface area contributed by atoms with Crippen LogP contribution in [0.15, 0.2) is 16.2 Å². The fourth-order valence-corrected chi connectivity index (χ4v) is 1.46. The van der Waals surface area contributed by atoms with Gasteiger partial charge in [-0.25, -0.2) is 4.58 Å². The minimum Gasteiger partial charge on any atom is -0.446 e. The summed E-state index contributed by atoms with van der Waals surface area (Å²) in [6.07, 6.45) is 2.96. The van der Waals surface area contributed by atoms with Gasteiger partial charge in [0.1, 0.15) is 19.0 Å². The van der Waals surface area contributed by atoms with Crippen molar-refractivity contribution >= 4 is 18.7 Å². The molecule has 1 heterocycles. The van der Waals surface area contributed by atoms with Crippen LogP contribution in [-0.4, -0.2) is 17.8 Å². The van der Waals surface area contributed by atoms with E-state index < -0.39 is 0 Å². The molecule has 0 saturated heterocycles. The highest BCUT2D eigenvalue weighted by atomic mass is 16.3. The lowest BCUT2D eigenvalue weighted by Gasteiger charge is -1.99. The van der Waals surface area contributed by atoms with Gasteiger partial charge in [-0.2, -0.15) is 0 Å². The molecular formula is C12H19N2O+. The Morgan fingerprint density at radius 2 is 2.27 bits per heavy atom. The average molecular weight is 207 g/mol. The Labute approximate surface area is 90.9 Å². The minimum atomic E-state index is 0.475. The second kappa shape index (κ2) is 4.82. The zero-order valence-corrected chi connectivity index (χ0v) is 9.71. The fourth-order valence-electron chi connectivity index (χ4n) is 1.46. The highest BCUT2D eigenvalue weighted by Gasteiger charge is 2.09. The molecule has 1 aromatic heterocycles. The number of rotatable bonds is 4. The van der Waals surface area contributed by atoms with E-state index in [1.807, 2.05) is 23.6 Å². The quantitative estimate of drug-likeness (QED) is 0.609. The Hall–Kier alpha value is -1.51. The van der Waals surface area contributed by atoms with Gasteiger partial charge in [0.05, 0.1) is 0 Å². The molecule has 0 radical (unpaired) electrons. The van der Waals surface area contributed by atoms with E-state index in [0.717, 1.165) is 30.0 Å². The number of anilines is 1. The number of allylic oxidation sites excluding steroid dienone is 1. The summed E-state index contributed by atoms with van der Waals surface area (Å²) in [7, 11) is 0. The molecule has 0 atom stereocenters. The average Bonchev–Trinajstić information content (AvgIpc) is 2.52. The first-order chi connectivity index (χ1) is 7.08. The van der Waals surface area contributed by atoms with Gasteiger partial charge >= 0.3 is 0 Å². The molecule has 3 nitrogen and oxygen atoms in total. The predicted octanol–water partition coefficient (Wildman–Crippen LogP) is 2.65. The molecule has 0 bridgehead atoms. The van der Waals surface area contributed by atoms with Crippen LogP contribution in [0.3, 0.4) is 0 Å². The lowest BCUT2D eigenvalue weighted by atomic mass is 10.2. The van der Waals surface area contributed by atoms with Crippen molar-refractivity contribution in [3.63, 3.8) is 0 Å². The van der Waals surface area contributed by atoms with Crippen LogP contribution >= 0.6 is 0 Å². The summed E-state index contributed by atoms with van der Waals surface area (Å²) in [6.45, 7) is 10.9. The van der Waals surface area contributed by atoms with Gasteiger partial charge in [0, 0.05) is 18.1 Å². The van der Waals surface area contributed by atoms with E-state index in [9.17, 15) is 0 Å². The van der Waals surface area contributed by atoms with Gasteiger partial charge in [-0.3, -0.25) is 0 Å². The van der Waals surface area contributed by atoms with E-state index in [4.69, 9.17) is 10.2 Å². The number of nitrogens with zero attached hydrogens (tertiary/aromatic N) is 1. The Bertz CT molecular complexity index is 388. The largest absolute Gasteiger partial charge is 0.446 e. The lowest BCUT2D eigenvalue weighted by Crippen LogP contribution is -2.07. The summed E-state index contributed by atoms with van der Waals surface area (Å²) in [5.41, 5.74) is 7.83. The van der Waals surface area contributed by atoms with Gasteiger partial charge < -0.3 is 10.2 Å². The number of hydrogen-bond acceptors (Lipinski definition) is 2. The Balaban J connectivity index is 3.03. The zero-order chi connectivity index (χ0) is 11.4. The number of hydrogen-bond donors (Lipinski definition) is 1. The van der Waals surface area contributed by atoms with Crippen LogP contribution in [0.1, 0.15) is 31.6 Å². The maximum absolute atomic E-state index is 5.74. The maximum Gasteiger partial charge on any atom is 0.197 e. The molecule has 0 aliphatic heterocycles. The van der Waals surface area contributed by atoms with Crippen molar-refractivity contribution in [1.82, 2.24) is 0 Å². The standard InChI is InChI=1S/C12H19N2O/c1-5-11(14(4)6-2)8-10-7-9(3)15-12(10)13/h7-8H,4-6,13H2,1-3H3/q+1. The molecule has 0 amide bonds. The number of nitrogen functional groups attached to an aromatic ring is 1. The van der Waals surface area contributed by atoms with E-state index in [0.29, 0.717) is 5.88 Å². The second-order valence-corrected chi connectivity index (χ2v) is 3.52. The third kappa shape index (κ3) is 2.72. The summed E-state index contributed by atoms with van der Waals surface area (Å²) in [5, 5.41) is 0. The highest BCUT2D eigenvalue weighted by Crippen LogP contribution is 2.21. The Morgan fingerprint density at radius 3 is 2.67 bits per heavy atom. The highest BCUT2D eigenvalue weighted by molar-refractivity contribution is 5.61. The molecule has 0 aromatic carbocycles. The Morgan fingerprint density at radius 1 is 1.60 bits per heavy atom. The van der Waals surface area contributed by atoms with Gasteiger partial charge in [-0.05, 0) is 19.9 Å². The number of aryl methyl sites for hydroxylation is 1. The monoisotopic (exact) mass is 207 g/mol. The number of furan rings is 1. The molecule has 0 saturated carbocycles. The summed E-state index contributed by atoms with van der Waals surface area (Å²) in [5.74, 6) is 1.31. The lowest BCUT2D eigenvalue weighted by molar-refractivity contribution is -0.464. The molecule has 2 N–H and O–H groups in total. The molecule has 0 aliphatic carbocycles. The minimum absolute atomic E-state index is 0.475. The van der Waals surface area contributed by atoms with Crippen LogP contribution in [-0.2, 0) is 0 Å². The SMILES string of the molecule is C=[N+](CC)C(=Cc1cc(C)oc1N)CC. The molecule has 0 fully saturated rings. The van der Waals surface area contributed by atoms with E-state index in [2.05, 4.69) is 20.6 Å². The first-order valence-electron chi connectivity index (χ1n) is 5.23. The topological polar surface area (TPSA) is 42.2 Å². The van der Waals surface area contributed by atoms with Gasteiger partial charge in [-0.1, -0.05) is 6.92 Å². The first-order valence-corrected chi connectivity index (χ1v) is 5.23. The van der Waals surface area contributed by atoms with Gasteiger partial charge in [0.2, 0.25) is 0 Å². The van der Waals surface area contributed by atoms with E-state index in [1.54, 1.807) is 0 Å². The van der Waals surface area contributed by atoms with Crippen LogP contribution < -0.4 is 5.73 Å². The predicted molar refractivity (Wildman–Crippen MR) is 64.0 cm³/mol. The third-order valence-corrected chi connectivity index (χ3v) is 2.39. The van der Waals surface area contributed by atoms with Crippen molar-refractivity contribution in [1.29, 1.82) is 0 Å². The van der Waals surface area contributed by atoms with Crippen molar-refractivity contribution in [2.75, 3.05) is 12.3 Å². The fraction of sp³-hybridized carbons (Fsp3) is 0.417. The van der Waals surface area contributed by atoms with Gasteiger partial charge in [0.25, 0.3) is 0 Å². The normalized spacial score (nSPS) is 11.8.